The van der Waals surface area contributed by atoms with Crippen LogP contribution in [0.25, 0.3) is 10.2 Å². The minimum atomic E-state index is -0.0361. The van der Waals surface area contributed by atoms with E-state index in [2.05, 4.69) is 12.2 Å². The second-order valence-corrected chi connectivity index (χ2v) is 9.46. The lowest BCUT2D eigenvalue weighted by molar-refractivity contribution is -0.118. The number of rotatable bonds is 11. The smallest absolute Gasteiger partial charge is 0.263 e. The molecule has 0 unspecified atom stereocenters. The fourth-order valence-electron chi connectivity index (χ4n) is 3.67. The van der Waals surface area contributed by atoms with Gasteiger partial charge in [0.2, 0.25) is 5.91 Å². The van der Waals surface area contributed by atoms with Crippen LogP contribution >= 0.6 is 23.1 Å². The molecule has 29 heavy (non-hydrogen) atoms. The standard InChI is InChI=1S/C21H31N3O3S2/c1-3-4-7-12-24-20(26)18-15-9-5-6-10-16(15)29-19(18)23-21(24)28-14-17(25)22-11-8-13-27-2/h3-14H2,1-2H3,(H,22,25). The number of ether oxygens (including phenoxy) is 1. The Morgan fingerprint density at radius 3 is 2.90 bits per heavy atom. The number of aryl methyl sites for hydroxylation is 2. The monoisotopic (exact) mass is 437 g/mol. The van der Waals surface area contributed by atoms with E-state index in [0.29, 0.717) is 24.9 Å². The highest BCUT2D eigenvalue weighted by Gasteiger charge is 2.22. The Morgan fingerprint density at radius 1 is 1.28 bits per heavy atom. The van der Waals surface area contributed by atoms with E-state index in [1.165, 1.54) is 28.6 Å². The SMILES string of the molecule is CCCCCn1c(SCC(=O)NCCCOC)nc2sc3c(c2c1=O)CCCC3. The number of thioether (sulfide) groups is 1. The van der Waals surface area contributed by atoms with Gasteiger partial charge in [0.1, 0.15) is 4.83 Å². The van der Waals surface area contributed by atoms with Crippen LogP contribution in [-0.2, 0) is 28.9 Å². The summed E-state index contributed by atoms with van der Waals surface area (Å²) in [6.45, 7) is 4.05. The number of hydrogen-bond acceptors (Lipinski definition) is 6. The van der Waals surface area contributed by atoms with Crippen molar-refractivity contribution in [1.82, 2.24) is 14.9 Å². The molecule has 1 aliphatic rings. The molecule has 0 atom stereocenters. The third kappa shape index (κ3) is 5.61. The van der Waals surface area contributed by atoms with Gasteiger partial charge < -0.3 is 10.1 Å². The first kappa shape index (κ1) is 22.3. The zero-order valence-electron chi connectivity index (χ0n) is 17.4. The summed E-state index contributed by atoms with van der Waals surface area (Å²) in [7, 11) is 1.65. The Bertz CT molecular complexity index is 891. The predicted octanol–water partition coefficient (Wildman–Crippen LogP) is 3.77. The number of nitrogens with one attached hydrogen (secondary N) is 1. The summed E-state index contributed by atoms with van der Waals surface area (Å²) in [5.41, 5.74) is 1.30. The molecule has 0 saturated heterocycles. The predicted molar refractivity (Wildman–Crippen MR) is 120 cm³/mol. The van der Waals surface area contributed by atoms with Crippen LogP contribution in [-0.4, -0.2) is 41.5 Å². The van der Waals surface area contributed by atoms with Crippen LogP contribution in [0.15, 0.2) is 9.95 Å². The van der Waals surface area contributed by atoms with Crippen LogP contribution in [0.5, 0.6) is 0 Å². The van der Waals surface area contributed by atoms with E-state index < -0.39 is 0 Å². The molecule has 1 amide bonds. The number of carbonyl (C=O) groups excluding carboxylic acids is 1. The summed E-state index contributed by atoms with van der Waals surface area (Å²) >= 11 is 3.03. The summed E-state index contributed by atoms with van der Waals surface area (Å²) in [5.74, 6) is 0.232. The molecule has 0 bridgehead atoms. The van der Waals surface area contributed by atoms with Crippen molar-refractivity contribution >= 4 is 39.2 Å². The van der Waals surface area contributed by atoms with Gasteiger partial charge in [0, 0.05) is 31.7 Å². The van der Waals surface area contributed by atoms with E-state index >= 15 is 0 Å². The Kier molecular flexibility index (Phi) is 8.56. The van der Waals surface area contributed by atoms with Gasteiger partial charge in [-0.05, 0) is 44.1 Å². The zero-order chi connectivity index (χ0) is 20.6. The van der Waals surface area contributed by atoms with Gasteiger partial charge in [0.25, 0.3) is 5.56 Å². The molecule has 0 aliphatic heterocycles. The van der Waals surface area contributed by atoms with Crippen LogP contribution in [0.3, 0.4) is 0 Å². The molecule has 3 rings (SSSR count). The molecule has 0 spiro atoms. The van der Waals surface area contributed by atoms with Crippen LogP contribution < -0.4 is 10.9 Å². The van der Waals surface area contributed by atoms with Gasteiger partial charge in [0.05, 0.1) is 11.1 Å². The van der Waals surface area contributed by atoms with Crippen LogP contribution in [0.4, 0.5) is 0 Å². The minimum absolute atomic E-state index is 0.0361. The van der Waals surface area contributed by atoms with E-state index in [1.54, 1.807) is 18.4 Å². The average molecular weight is 438 g/mol. The quantitative estimate of drug-likeness (QED) is 0.329. The van der Waals surface area contributed by atoms with Crippen molar-refractivity contribution in [2.45, 2.75) is 70.0 Å². The summed E-state index contributed by atoms with van der Waals surface area (Å²) < 4.78 is 6.81. The van der Waals surface area contributed by atoms with Crippen molar-refractivity contribution in [3.8, 4) is 0 Å². The average Bonchev–Trinajstić information content (AvgIpc) is 3.10. The largest absolute Gasteiger partial charge is 0.385 e. The lowest BCUT2D eigenvalue weighted by Gasteiger charge is -2.13. The third-order valence-corrected chi connectivity index (χ3v) is 7.37. The van der Waals surface area contributed by atoms with Crippen molar-refractivity contribution in [3.63, 3.8) is 0 Å². The Morgan fingerprint density at radius 2 is 2.10 bits per heavy atom. The second kappa shape index (κ2) is 11.1. The van der Waals surface area contributed by atoms with Crippen molar-refractivity contribution in [2.24, 2.45) is 0 Å². The lowest BCUT2D eigenvalue weighted by atomic mass is 9.97. The molecule has 2 aromatic heterocycles. The first-order chi connectivity index (χ1) is 14.2. The number of aromatic nitrogens is 2. The Labute approximate surface area is 180 Å². The molecular formula is C21H31N3O3S2. The number of nitrogens with zero attached hydrogens (tertiary/aromatic N) is 2. The van der Waals surface area contributed by atoms with Gasteiger partial charge in [-0.1, -0.05) is 31.5 Å². The molecule has 0 aromatic carbocycles. The number of amides is 1. The van der Waals surface area contributed by atoms with Crippen LogP contribution in [0, 0.1) is 0 Å². The van der Waals surface area contributed by atoms with Gasteiger partial charge in [-0.25, -0.2) is 4.98 Å². The van der Waals surface area contributed by atoms with E-state index in [4.69, 9.17) is 9.72 Å². The first-order valence-corrected chi connectivity index (χ1v) is 12.4. The Balaban J connectivity index is 1.81. The number of fused-ring (bicyclic) bond motifs is 3. The highest BCUT2D eigenvalue weighted by atomic mass is 32.2. The zero-order valence-corrected chi connectivity index (χ0v) is 19.1. The minimum Gasteiger partial charge on any atom is -0.385 e. The number of hydrogen-bond donors (Lipinski definition) is 1. The highest BCUT2D eigenvalue weighted by molar-refractivity contribution is 7.99. The number of unbranched alkanes of at least 4 members (excludes halogenated alkanes) is 2. The second-order valence-electron chi connectivity index (χ2n) is 7.43. The van der Waals surface area contributed by atoms with Crippen LogP contribution in [0.2, 0.25) is 0 Å². The molecule has 2 heterocycles. The highest BCUT2D eigenvalue weighted by Crippen LogP contribution is 2.34. The van der Waals surface area contributed by atoms with E-state index in [0.717, 1.165) is 55.2 Å². The van der Waals surface area contributed by atoms with Gasteiger partial charge >= 0.3 is 0 Å². The maximum absolute atomic E-state index is 13.4. The normalized spacial score (nSPS) is 13.6. The topological polar surface area (TPSA) is 73.2 Å². The van der Waals surface area contributed by atoms with Crippen molar-refractivity contribution < 1.29 is 9.53 Å². The molecular weight excluding hydrogens is 406 g/mol. The summed E-state index contributed by atoms with van der Waals surface area (Å²) in [5, 5.41) is 4.40. The van der Waals surface area contributed by atoms with E-state index in [-0.39, 0.29) is 17.2 Å². The molecule has 1 N–H and O–H groups in total. The molecule has 0 radical (unpaired) electrons. The van der Waals surface area contributed by atoms with E-state index in [9.17, 15) is 9.59 Å². The van der Waals surface area contributed by atoms with Crippen LogP contribution in [0.1, 0.15) is 55.9 Å². The maximum Gasteiger partial charge on any atom is 0.263 e. The molecule has 1 aliphatic carbocycles. The van der Waals surface area contributed by atoms with E-state index in [1.807, 2.05) is 4.57 Å². The summed E-state index contributed by atoms with van der Waals surface area (Å²) in [4.78, 5) is 32.6. The molecule has 2 aromatic rings. The maximum atomic E-state index is 13.4. The van der Waals surface area contributed by atoms with Gasteiger partial charge in [0.15, 0.2) is 5.16 Å². The molecule has 8 heteroatoms. The molecule has 0 fully saturated rings. The van der Waals surface area contributed by atoms with Gasteiger partial charge in [-0.2, -0.15) is 0 Å². The third-order valence-electron chi connectivity index (χ3n) is 5.20. The fraction of sp³-hybridized carbons (Fsp3) is 0.667. The fourth-order valence-corrected chi connectivity index (χ4v) is 5.83. The number of carbonyl (C=O) groups is 1. The lowest BCUT2D eigenvalue weighted by Crippen LogP contribution is -2.28. The summed E-state index contributed by atoms with van der Waals surface area (Å²) in [6, 6.07) is 0. The molecule has 160 valence electrons. The summed E-state index contributed by atoms with van der Waals surface area (Å²) in [6.07, 6.45) is 8.30. The molecule has 6 nitrogen and oxygen atoms in total. The molecule has 0 saturated carbocycles. The number of thiophene rings is 1. The van der Waals surface area contributed by atoms with Gasteiger partial charge in [-0.15, -0.1) is 11.3 Å². The number of methoxy groups -OCH3 is 1. The Hall–Kier alpha value is -1.38. The van der Waals surface area contributed by atoms with Crippen molar-refractivity contribution in [2.75, 3.05) is 26.0 Å². The van der Waals surface area contributed by atoms with Crippen molar-refractivity contribution in [3.05, 3.63) is 20.8 Å². The van der Waals surface area contributed by atoms with Crippen molar-refractivity contribution in [1.29, 1.82) is 0 Å². The van der Waals surface area contributed by atoms with Gasteiger partial charge in [-0.3, -0.25) is 14.2 Å². The first-order valence-electron chi connectivity index (χ1n) is 10.6.